The van der Waals surface area contributed by atoms with Crippen LogP contribution in [0.1, 0.15) is 5.69 Å². The molecule has 1 saturated heterocycles. The van der Waals surface area contributed by atoms with Crippen molar-refractivity contribution in [3.05, 3.63) is 48.8 Å². The van der Waals surface area contributed by atoms with E-state index in [4.69, 9.17) is 0 Å². The van der Waals surface area contributed by atoms with E-state index in [1.54, 1.807) is 18.6 Å². The Balaban J connectivity index is 1.56. The number of nitriles is 1. The van der Waals surface area contributed by atoms with Crippen molar-refractivity contribution in [2.75, 3.05) is 36.0 Å². The van der Waals surface area contributed by atoms with Crippen molar-refractivity contribution in [2.24, 2.45) is 0 Å². The van der Waals surface area contributed by atoms with Gasteiger partial charge in [-0.05, 0) is 12.1 Å². The van der Waals surface area contributed by atoms with Gasteiger partial charge in [-0.25, -0.2) is 15.0 Å². The molecule has 0 atom stereocenters. The molecule has 1 aliphatic rings. The van der Waals surface area contributed by atoms with Gasteiger partial charge in [0.05, 0.1) is 5.69 Å². The summed E-state index contributed by atoms with van der Waals surface area (Å²) in [5.41, 5.74) is 2.26. The molecular weight excluding hydrogens is 290 g/mol. The van der Waals surface area contributed by atoms with Crippen LogP contribution in [0.25, 0.3) is 5.65 Å². The highest BCUT2D eigenvalue weighted by Crippen LogP contribution is 2.23. The van der Waals surface area contributed by atoms with Gasteiger partial charge >= 0.3 is 0 Å². The minimum atomic E-state index is 0.481. The molecule has 23 heavy (non-hydrogen) atoms. The fourth-order valence-electron chi connectivity index (χ4n) is 2.96. The predicted molar refractivity (Wildman–Crippen MR) is 86.4 cm³/mol. The first-order valence-electron chi connectivity index (χ1n) is 7.49. The maximum atomic E-state index is 9.20. The topological polar surface area (TPSA) is 73.4 Å². The van der Waals surface area contributed by atoms with E-state index in [9.17, 15) is 5.26 Å². The van der Waals surface area contributed by atoms with Gasteiger partial charge in [-0.15, -0.1) is 0 Å². The highest BCUT2D eigenvalue weighted by molar-refractivity contribution is 5.65. The average Bonchev–Trinajstić information content (AvgIpc) is 3.10. The number of fused-ring (bicyclic) bond motifs is 1. The molecule has 0 unspecified atom stereocenters. The average molecular weight is 305 g/mol. The fourth-order valence-corrected chi connectivity index (χ4v) is 2.96. The van der Waals surface area contributed by atoms with Crippen molar-refractivity contribution in [3.8, 4) is 6.07 Å². The minimum absolute atomic E-state index is 0.481. The Morgan fingerprint density at radius 2 is 1.65 bits per heavy atom. The van der Waals surface area contributed by atoms with Crippen LogP contribution in [0.15, 0.2) is 43.1 Å². The molecule has 7 heteroatoms. The number of anilines is 2. The Kier molecular flexibility index (Phi) is 3.27. The van der Waals surface area contributed by atoms with Gasteiger partial charge in [0.1, 0.15) is 6.07 Å². The lowest BCUT2D eigenvalue weighted by Crippen LogP contribution is -2.47. The summed E-state index contributed by atoms with van der Waals surface area (Å²) in [6, 6.07) is 5.99. The number of piperazine rings is 1. The van der Waals surface area contributed by atoms with Crippen molar-refractivity contribution in [2.45, 2.75) is 0 Å². The maximum Gasteiger partial charge on any atom is 0.180 e. The van der Waals surface area contributed by atoms with Crippen molar-refractivity contribution in [3.63, 3.8) is 0 Å². The van der Waals surface area contributed by atoms with E-state index in [-0.39, 0.29) is 0 Å². The summed E-state index contributed by atoms with van der Waals surface area (Å²) in [5, 5.41) is 9.20. The predicted octanol–water partition coefficient (Wildman–Crippen LogP) is 1.32. The number of rotatable bonds is 2. The Labute approximate surface area is 133 Å². The number of imidazole rings is 1. The molecule has 0 amide bonds. The van der Waals surface area contributed by atoms with Crippen LogP contribution >= 0.6 is 0 Å². The minimum Gasteiger partial charge on any atom is -0.366 e. The molecule has 0 saturated carbocycles. The van der Waals surface area contributed by atoms with Gasteiger partial charge in [-0.3, -0.25) is 0 Å². The van der Waals surface area contributed by atoms with Crippen molar-refractivity contribution < 1.29 is 0 Å². The van der Waals surface area contributed by atoms with E-state index in [1.165, 1.54) is 0 Å². The Bertz CT molecular complexity index is 871. The highest BCUT2D eigenvalue weighted by atomic mass is 15.3. The second kappa shape index (κ2) is 5.57. The van der Waals surface area contributed by atoms with Gasteiger partial charge in [0.15, 0.2) is 17.2 Å². The van der Waals surface area contributed by atoms with Crippen LogP contribution in [0.3, 0.4) is 0 Å². The molecular formula is C16H15N7. The molecule has 0 spiro atoms. The van der Waals surface area contributed by atoms with Crippen LogP contribution in [-0.4, -0.2) is 45.5 Å². The Morgan fingerprint density at radius 3 is 2.43 bits per heavy atom. The lowest BCUT2D eigenvalue weighted by Gasteiger charge is -2.36. The van der Waals surface area contributed by atoms with Crippen LogP contribution in [0, 0.1) is 11.3 Å². The van der Waals surface area contributed by atoms with E-state index >= 15 is 0 Å². The van der Waals surface area contributed by atoms with Gasteiger partial charge in [-0.2, -0.15) is 5.26 Å². The van der Waals surface area contributed by atoms with Crippen LogP contribution in [0.5, 0.6) is 0 Å². The summed E-state index contributed by atoms with van der Waals surface area (Å²) >= 11 is 0. The smallest absolute Gasteiger partial charge is 0.180 e. The lowest BCUT2D eigenvalue weighted by molar-refractivity contribution is 0.646. The van der Waals surface area contributed by atoms with Crippen LogP contribution in [-0.2, 0) is 0 Å². The molecule has 3 aromatic rings. The summed E-state index contributed by atoms with van der Waals surface area (Å²) < 4.78 is 1.98. The van der Waals surface area contributed by atoms with Gasteiger partial charge in [-0.1, -0.05) is 0 Å². The highest BCUT2D eigenvalue weighted by Gasteiger charge is 2.22. The van der Waals surface area contributed by atoms with Crippen LogP contribution < -0.4 is 9.80 Å². The normalized spacial score (nSPS) is 14.9. The van der Waals surface area contributed by atoms with Crippen molar-refractivity contribution in [1.82, 2.24) is 19.4 Å². The zero-order chi connectivity index (χ0) is 15.6. The third-order valence-corrected chi connectivity index (χ3v) is 4.10. The molecule has 0 N–H and O–H groups in total. The van der Waals surface area contributed by atoms with E-state index in [1.807, 2.05) is 28.9 Å². The quantitative estimate of drug-likeness (QED) is 0.711. The molecule has 1 fully saturated rings. The molecule has 0 aromatic carbocycles. The van der Waals surface area contributed by atoms with Gasteiger partial charge in [0.25, 0.3) is 0 Å². The number of pyridine rings is 1. The molecule has 3 aromatic heterocycles. The summed E-state index contributed by atoms with van der Waals surface area (Å²) in [6.45, 7) is 3.31. The van der Waals surface area contributed by atoms with Gasteiger partial charge < -0.3 is 14.2 Å². The van der Waals surface area contributed by atoms with Crippen molar-refractivity contribution >= 4 is 17.2 Å². The summed E-state index contributed by atoms with van der Waals surface area (Å²) in [5.74, 6) is 0.906. The SMILES string of the molecule is N#Cc1ncccc1N1CCN(c2nccn3ccnc23)CC1. The molecule has 0 bridgehead atoms. The second-order valence-corrected chi connectivity index (χ2v) is 5.37. The summed E-state index contributed by atoms with van der Waals surface area (Å²) in [4.78, 5) is 17.5. The maximum absolute atomic E-state index is 9.20. The second-order valence-electron chi connectivity index (χ2n) is 5.37. The van der Waals surface area contributed by atoms with Crippen LogP contribution in [0.4, 0.5) is 11.5 Å². The molecule has 4 rings (SSSR count). The molecule has 7 nitrogen and oxygen atoms in total. The molecule has 114 valence electrons. The molecule has 0 radical (unpaired) electrons. The molecule has 1 aliphatic heterocycles. The third-order valence-electron chi connectivity index (χ3n) is 4.10. The molecule has 4 heterocycles. The van der Waals surface area contributed by atoms with Crippen molar-refractivity contribution in [1.29, 1.82) is 5.26 Å². The monoisotopic (exact) mass is 305 g/mol. The van der Waals surface area contributed by atoms with Gasteiger partial charge in [0, 0.05) is 57.2 Å². The van der Waals surface area contributed by atoms with E-state index in [0.29, 0.717) is 5.69 Å². The van der Waals surface area contributed by atoms with E-state index < -0.39 is 0 Å². The lowest BCUT2D eigenvalue weighted by atomic mass is 10.2. The molecule has 0 aliphatic carbocycles. The van der Waals surface area contributed by atoms with Crippen LogP contribution in [0.2, 0.25) is 0 Å². The van der Waals surface area contributed by atoms with E-state index in [2.05, 4.69) is 30.8 Å². The fraction of sp³-hybridized carbons (Fsp3) is 0.250. The first kappa shape index (κ1) is 13.5. The standard InChI is InChI=1S/C16H15N7/c17-12-13-14(2-1-3-18-13)21-8-10-23(11-9-21)16-15-19-4-6-22(15)7-5-20-16/h1-7H,8-11H2. The third kappa shape index (κ3) is 2.34. The largest absolute Gasteiger partial charge is 0.366 e. The van der Waals surface area contributed by atoms with Gasteiger partial charge in [0.2, 0.25) is 0 Å². The summed E-state index contributed by atoms with van der Waals surface area (Å²) in [7, 11) is 0. The summed E-state index contributed by atoms with van der Waals surface area (Å²) in [6.07, 6.45) is 9.06. The number of hydrogen-bond acceptors (Lipinski definition) is 6. The Hall–Kier alpha value is -3.14. The zero-order valence-corrected chi connectivity index (χ0v) is 12.5. The number of hydrogen-bond donors (Lipinski definition) is 0. The number of nitrogens with zero attached hydrogens (tertiary/aromatic N) is 7. The first-order valence-corrected chi connectivity index (χ1v) is 7.49. The zero-order valence-electron chi connectivity index (χ0n) is 12.5. The Morgan fingerprint density at radius 1 is 0.913 bits per heavy atom. The first-order chi connectivity index (χ1) is 11.4. The number of aromatic nitrogens is 4. The van der Waals surface area contributed by atoms with E-state index in [0.717, 1.165) is 43.3 Å².